The fourth-order valence-electron chi connectivity index (χ4n) is 2.84. The molecule has 0 spiro atoms. The molecule has 1 saturated heterocycles. The van der Waals surface area contributed by atoms with Crippen molar-refractivity contribution in [2.45, 2.75) is 46.1 Å². The van der Waals surface area contributed by atoms with Crippen molar-refractivity contribution in [3.63, 3.8) is 0 Å². The molecule has 1 aliphatic rings. The standard InChI is InChI=1S/C15H25N3O2/c1-10-7-8-18(9-14(10)19)15(20)6-5-13-11(2)16-17(4)12(13)3/h10,14,19H,5-9H2,1-4H3. The van der Waals surface area contributed by atoms with Crippen LogP contribution < -0.4 is 0 Å². The van der Waals surface area contributed by atoms with Crippen LogP contribution in [0.1, 0.15) is 36.7 Å². The van der Waals surface area contributed by atoms with Crippen molar-refractivity contribution in [3.8, 4) is 0 Å². The number of aryl methyl sites for hydroxylation is 2. The number of aliphatic hydroxyl groups is 1. The van der Waals surface area contributed by atoms with Crippen molar-refractivity contribution in [2.75, 3.05) is 13.1 Å². The smallest absolute Gasteiger partial charge is 0.222 e. The van der Waals surface area contributed by atoms with E-state index in [0.717, 1.165) is 30.8 Å². The van der Waals surface area contributed by atoms with Gasteiger partial charge < -0.3 is 10.0 Å². The molecule has 5 nitrogen and oxygen atoms in total. The number of likely N-dealkylation sites (tertiary alicyclic amines) is 1. The van der Waals surface area contributed by atoms with Gasteiger partial charge in [0, 0.05) is 32.3 Å². The zero-order chi connectivity index (χ0) is 14.9. The summed E-state index contributed by atoms with van der Waals surface area (Å²) >= 11 is 0. The van der Waals surface area contributed by atoms with Gasteiger partial charge in [-0.1, -0.05) is 6.92 Å². The molecule has 2 heterocycles. The quantitative estimate of drug-likeness (QED) is 0.904. The molecule has 1 N–H and O–H groups in total. The molecule has 0 saturated carbocycles. The van der Waals surface area contributed by atoms with Gasteiger partial charge >= 0.3 is 0 Å². The second-order valence-corrected chi connectivity index (χ2v) is 5.95. The number of aromatic nitrogens is 2. The van der Waals surface area contributed by atoms with E-state index in [1.807, 2.05) is 32.5 Å². The van der Waals surface area contributed by atoms with Gasteiger partial charge in [0.1, 0.15) is 0 Å². The number of hydrogen-bond acceptors (Lipinski definition) is 3. The average Bonchev–Trinajstić information content (AvgIpc) is 2.64. The van der Waals surface area contributed by atoms with Crippen LogP contribution in [0.4, 0.5) is 0 Å². The third-order valence-electron chi connectivity index (χ3n) is 4.52. The van der Waals surface area contributed by atoms with Gasteiger partial charge in [0.05, 0.1) is 11.8 Å². The SMILES string of the molecule is Cc1nn(C)c(C)c1CCC(=O)N1CCC(C)C(O)C1. The van der Waals surface area contributed by atoms with E-state index in [-0.39, 0.29) is 12.0 Å². The van der Waals surface area contributed by atoms with E-state index in [1.54, 1.807) is 4.90 Å². The first-order valence-corrected chi connectivity index (χ1v) is 7.35. The van der Waals surface area contributed by atoms with Crippen LogP contribution in [0.3, 0.4) is 0 Å². The second-order valence-electron chi connectivity index (χ2n) is 5.95. The summed E-state index contributed by atoms with van der Waals surface area (Å²) < 4.78 is 1.86. The van der Waals surface area contributed by atoms with Crippen LogP contribution in [0.2, 0.25) is 0 Å². The van der Waals surface area contributed by atoms with Gasteiger partial charge in [-0.15, -0.1) is 0 Å². The van der Waals surface area contributed by atoms with Gasteiger partial charge in [0.25, 0.3) is 0 Å². The topological polar surface area (TPSA) is 58.4 Å². The van der Waals surface area contributed by atoms with Crippen LogP contribution in [0, 0.1) is 19.8 Å². The van der Waals surface area contributed by atoms with Crippen molar-refractivity contribution >= 4 is 5.91 Å². The van der Waals surface area contributed by atoms with Crippen molar-refractivity contribution in [1.82, 2.24) is 14.7 Å². The summed E-state index contributed by atoms with van der Waals surface area (Å²) in [4.78, 5) is 14.0. The van der Waals surface area contributed by atoms with Gasteiger partial charge in [-0.25, -0.2) is 0 Å². The molecule has 112 valence electrons. The molecule has 0 bridgehead atoms. The number of β-amino-alcohol motifs (C(OH)–C–C–N with tert-alkyl or cyclic N) is 1. The molecule has 0 radical (unpaired) electrons. The highest BCUT2D eigenvalue weighted by Crippen LogP contribution is 2.19. The lowest BCUT2D eigenvalue weighted by Gasteiger charge is -2.34. The van der Waals surface area contributed by atoms with Gasteiger partial charge in [-0.3, -0.25) is 9.48 Å². The Balaban J connectivity index is 1.92. The normalized spacial score (nSPS) is 23.1. The molecule has 1 aromatic rings. The fraction of sp³-hybridized carbons (Fsp3) is 0.733. The molecule has 1 aromatic heterocycles. The Morgan fingerprint density at radius 3 is 2.70 bits per heavy atom. The predicted octanol–water partition coefficient (Wildman–Crippen LogP) is 1.20. The molecular weight excluding hydrogens is 254 g/mol. The number of piperidine rings is 1. The molecule has 20 heavy (non-hydrogen) atoms. The highest BCUT2D eigenvalue weighted by molar-refractivity contribution is 5.76. The molecule has 2 atom stereocenters. The van der Waals surface area contributed by atoms with E-state index < -0.39 is 0 Å². The minimum Gasteiger partial charge on any atom is -0.391 e. The van der Waals surface area contributed by atoms with Gasteiger partial charge in [-0.2, -0.15) is 5.10 Å². The van der Waals surface area contributed by atoms with Crippen LogP contribution in [0.5, 0.6) is 0 Å². The van der Waals surface area contributed by atoms with E-state index in [0.29, 0.717) is 18.9 Å². The highest BCUT2D eigenvalue weighted by atomic mass is 16.3. The summed E-state index contributed by atoms with van der Waals surface area (Å²) in [6.07, 6.45) is 1.73. The number of rotatable bonds is 3. The zero-order valence-electron chi connectivity index (χ0n) is 12.9. The van der Waals surface area contributed by atoms with Gasteiger partial charge in [0.15, 0.2) is 0 Å². The minimum atomic E-state index is -0.380. The molecule has 0 aliphatic carbocycles. The van der Waals surface area contributed by atoms with Crippen molar-refractivity contribution in [2.24, 2.45) is 13.0 Å². The lowest BCUT2D eigenvalue weighted by Crippen LogP contribution is -2.45. The number of hydrogen-bond donors (Lipinski definition) is 1. The lowest BCUT2D eigenvalue weighted by molar-refractivity contribution is -0.135. The maximum atomic E-state index is 12.2. The van der Waals surface area contributed by atoms with E-state index in [4.69, 9.17) is 0 Å². The summed E-state index contributed by atoms with van der Waals surface area (Å²) in [6, 6.07) is 0. The fourth-order valence-corrected chi connectivity index (χ4v) is 2.84. The first-order valence-electron chi connectivity index (χ1n) is 7.35. The van der Waals surface area contributed by atoms with E-state index in [2.05, 4.69) is 5.10 Å². The molecule has 5 heteroatoms. The largest absolute Gasteiger partial charge is 0.391 e. The van der Waals surface area contributed by atoms with Crippen molar-refractivity contribution in [3.05, 3.63) is 17.0 Å². The Hall–Kier alpha value is -1.36. The van der Waals surface area contributed by atoms with Gasteiger partial charge in [0.2, 0.25) is 5.91 Å². The number of carbonyl (C=O) groups excluding carboxylic acids is 1. The number of amides is 1. The number of nitrogens with zero attached hydrogens (tertiary/aromatic N) is 3. The summed E-state index contributed by atoms with van der Waals surface area (Å²) in [5, 5.41) is 14.2. The zero-order valence-corrected chi connectivity index (χ0v) is 12.9. The molecular formula is C15H25N3O2. The first kappa shape index (κ1) is 15.0. The van der Waals surface area contributed by atoms with Crippen LogP contribution in [0.15, 0.2) is 0 Å². The molecule has 0 aromatic carbocycles. The summed E-state index contributed by atoms with van der Waals surface area (Å²) in [6.45, 7) is 7.30. The van der Waals surface area contributed by atoms with Crippen LogP contribution in [-0.2, 0) is 18.3 Å². The van der Waals surface area contributed by atoms with E-state index in [1.165, 1.54) is 5.56 Å². The second kappa shape index (κ2) is 5.95. The van der Waals surface area contributed by atoms with Crippen molar-refractivity contribution < 1.29 is 9.90 Å². The Bertz CT molecular complexity index is 496. The van der Waals surface area contributed by atoms with Crippen LogP contribution in [0.25, 0.3) is 0 Å². The molecule has 1 aliphatic heterocycles. The predicted molar refractivity (Wildman–Crippen MR) is 77.4 cm³/mol. The maximum absolute atomic E-state index is 12.2. The van der Waals surface area contributed by atoms with Crippen molar-refractivity contribution in [1.29, 1.82) is 0 Å². The molecule has 1 amide bonds. The lowest BCUT2D eigenvalue weighted by atomic mass is 9.95. The summed E-state index contributed by atoms with van der Waals surface area (Å²) in [5.41, 5.74) is 3.31. The van der Waals surface area contributed by atoms with Gasteiger partial charge in [-0.05, 0) is 38.2 Å². The monoisotopic (exact) mass is 279 g/mol. The van der Waals surface area contributed by atoms with E-state index in [9.17, 15) is 9.90 Å². The Labute approximate surface area is 120 Å². The molecule has 1 fully saturated rings. The first-order chi connectivity index (χ1) is 9.40. The Morgan fingerprint density at radius 1 is 1.45 bits per heavy atom. The highest BCUT2D eigenvalue weighted by Gasteiger charge is 2.27. The summed E-state index contributed by atoms with van der Waals surface area (Å²) in [7, 11) is 1.93. The average molecular weight is 279 g/mol. The third kappa shape index (κ3) is 3.03. The molecule has 2 unspecified atom stereocenters. The van der Waals surface area contributed by atoms with E-state index >= 15 is 0 Å². The van der Waals surface area contributed by atoms with Crippen LogP contribution >= 0.6 is 0 Å². The number of carbonyl (C=O) groups is 1. The Morgan fingerprint density at radius 2 is 2.15 bits per heavy atom. The third-order valence-corrected chi connectivity index (χ3v) is 4.52. The van der Waals surface area contributed by atoms with Crippen LogP contribution in [-0.4, -0.2) is 44.9 Å². The summed E-state index contributed by atoms with van der Waals surface area (Å²) in [5.74, 6) is 0.431. The Kier molecular flexibility index (Phi) is 4.48. The molecule has 2 rings (SSSR count). The number of aliphatic hydroxyl groups excluding tert-OH is 1. The minimum absolute atomic E-state index is 0.138. The maximum Gasteiger partial charge on any atom is 0.222 e.